The van der Waals surface area contributed by atoms with Crippen molar-refractivity contribution in [2.45, 2.75) is 6.42 Å². The highest BCUT2D eigenvalue weighted by Gasteiger charge is 2.15. The summed E-state index contributed by atoms with van der Waals surface area (Å²) >= 11 is 12.6. The Morgan fingerprint density at radius 3 is 2.47 bits per heavy atom. The molecular weight excluding hydrogens is 417 g/mol. The van der Waals surface area contributed by atoms with Gasteiger partial charge in [-0.25, -0.2) is 4.98 Å². The highest BCUT2D eigenvalue weighted by atomic mass is 35.5. The van der Waals surface area contributed by atoms with Crippen LogP contribution in [0.5, 0.6) is 0 Å². The van der Waals surface area contributed by atoms with E-state index in [1.165, 1.54) is 0 Å². The second-order valence-corrected chi connectivity index (χ2v) is 7.82. The van der Waals surface area contributed by atoms with Gasteiger partial charge in [0, 0.05) is 16.6 Å². The third-order valence-corrected chi connectivity index (χ3v) is 5.63. The summed E-state index contributed by atoms with van der Waals surface area (Å²) in [4.78, 5) is 25.3. The molecule has 1 N–H and O–H groups in total. The summed E-state index contributed by atoms with van der Waals surface area (Å²) in [6.45, 7) is 0. The van der Waals surface area contributed by atoms with Crippen molar-refractivity contribution in [3.8, 4) is 11.4 Å². The number of para-hydroxylation sites is 1. The molecule has 0 aliphatic rings. The first-order chi connectivity index (χ1) is 14.6. The Bertz CT molecular complexity index is 1400. The standard InChI is InChI=1S/C24H15Cl2N3O/c25-17-5-3-6-18(26)23(17)24-28-20-11-9-15(12-21(20)29-24)22(30)13-16-10-8-14-4-1-2-7-19(14)27-16/h1-12H,13H2,(H,28,29). The second kappa shape index (κ2) is 7.56. The SMILES string of the molecule is O=C(Cc1ccc2ccccc2n1)c1ccc2nc(-c3c(Cl)cccc3Cl)[nH]c2c1. The average molecular weight is 432 g/mol. The van der Waals surface area contributed by atoms with E-state index in [2.05, 4.69) is 15.0 Å². The van der Waals surface area contributed by atoms with Gasteiger partial charge in [-0.1, -0.05) is 53.5 Å². The smallest absolute Gasteiger partial charge is 0.168 e. The zero-order chi connectivity index (χ0) is 20.7. The number of hydrogen-bond acceptors (Lipinski definition) is 3. The number of aromatic nitrogens is 3. The summed E-state index contributed by atoms with van der Waals surface area (Å²) in [5.74, 6) is 0.563. The van der Waals surface area contributed by atoms with Crippen LogP contribution in [0.1, 0.15) is 16.1 Å². The molecule has 0 aliphatic carbocycles. The van der Waals surface area contributed by atoms with Crippen LogP contribution in [0.25, 0.3) is 33.3 Å². The van der Waals surface area contributed by atoms with Crippen molar-refractivity contribution < 1.29 is 4.79 Å². The molecule has 0 unspecified atom stereocenters. The Hall–Kier alpha value is -3.21. The van der Waals surface area contributed by atoms with E-state index in [1.54, 1.807) is 30.3 Å². The molecule has 0 spiro atoms. The number of halogens is 2. The van der Waals surface area contributed by atoms with Gasteiger partial charge >= 0.3 is 0 Å². The van der Waals surface area contributed by atoms with E-state index >= 15 is 0 Å². The minimum Gasteiger partial charge on any atom is -0.338 e. The third kappa shape index (κ3) is 3.45. The predicted octanol–water partition coefficient (Wildman–Crippen LogP) is 6.51. The molecule has 0 amide bonds. The first-order valence-corrected chi connectivity index (χ1v) is 10.2. The van der Waals surface area contributed by atoms with Gasteiger partial charge < -0.3 is 4.98 Å². The normalized spacial score (nSPS) is 11.3. The Kier molecular flexibility index (Phi) is 4.74. The molecule has 6 heteroatoms. The fourth-order valence-corrected chi connectivity index (χ4v) is 4.08. The molecule has 0 aliphatic heterocycles. The monoisotopic (exact) mass is 431 g/mol. The summed E-state index contributed by atoms with van der Waals surface area (Å²) < 4.78 is 0. The summed E-state index contributed by atoms with van der Waals surface area (Å²) in [7, 11) is 0. The van der Waals surface area contributed by atoms with Crippen molar-refractivity contribution in [3.05, 3.63) is 94.1 Å². The topological polar surface area (TPSA) is 58.6 Å². The molecular formula is C24H15Cl2N3O. The largest absolute Gasteiger partial charge is 0.338 e. The van der Waals surface area contributed by atoms with Gasteiger partial charge in [0.05, 0.1) is 38.6 Å². The van der Waals surface area contributed by atoms with Crippen molar-refractivity contribution >= 4 is 50.9 Å². The van der Waals surface area contributed by atoms with Gasteiger partial charge in [0.1, 0.15) is 5.82 Å². The highest BCUT2D eigenvalue weighted by Crippen LogP contribution is 2.34. The number of carbonyl (C=O) groups excluding carboxylic acids is 1. The van der Waals surface area contributed by atoms with E-state index in [0.717, 1.165) is 27.6 Å². The van der Waals surface area contributed by atoms with E-state index in [9.17, 15) is 4.79 Å². The van der Waals surface area contributed by atoms with Crippen molar-refractivity contribution in [2.75, 3.05) is 0 Å². The van der Waals surface area contributed by atoms with Crippen LogP contribution in [-0.4, -0.2) is 20.7 Å². The summed E-state index contributed by atoms with van der Waals surface area (Å²) in [5.41, 5.74) is 4.35. The number of hydrogen-bond donors (Lipinski definition) is 1. The van der Waals surface area contributed by atoms with Gasteiger partial charge in [0.15, 0.2) is 5.78 Å². The van der Waals surface area contributed by atoms with Crippen LogP contribution in [0.4, 0.5) is 0 Å². The Morgan fingerprint density at radius 1 is 0.833 bits per heavy atom. The van der Waals surface area contributed by atoms with E-state index in [4.69, 9.17) is 23.2 Å². The molecule has 146 valence electrons. The van der Waals surface area contributed by atoms with Gasteiger partial charge in [-0.3, -0.25) is 9.78 Å². The first-order valence-electron chi connectivity index (χ1n) is 9.40. The molecule has 30 heavy (non-hydrogen) atoms. The molecule has 0 atom stereocenters. The number of imidazole rings is 1. The number of carbonyl (C=O) groups is 1. The summed E-state index contributed by atoms with van der Waals surface area (Å²) in [6.07, 6.45) is 0.230. The van der Waals surface area contributed by atoms with E-state index < -0.39 is 0 Å². The maximum absolute atomic E-state index is 12.9. The van der Waals surface area contributed by atoms with Crippen LogP contribution in [0.3, 0.4) is 0 Å². The van der Waals surface area contributed by atoms with Gasteiger partial charge in [-0.05, 0) is 42.5 Å². The molecule has 0 fully saturated rings. The molecule has 0 saturated heterocycles. The fraction of sp³-hybridized carbons (Fsp3) is 0.0417. The Labute approximate surface area is 182 Å². The lowest BCUT2D eigenvalue weighted by Gasteiger charge is -2.03. The molecule has 0 radical (unpaired) electrons. The van der Waals surface area contributed by atoms with Gasteiger partial charge in [-0.15, -0.1) is 0 Å². The van der Waals surface area contributed by atoms with Crippen molar-refractivity contribution in [1.29, 1.82) is 0 Å². The number of H-pyrrole nitrogens is 1. The van der Waals surface area contributed by atoms with Crippen molar-refractivity contribution in [3.63, 3.8) is 0 Å². The molecule has 2 heterocycles. The van der Waals surface area contributed by atoms with Crippen LogP contribution in [0, 0.1) is 0 Å². The quantitative estimate of drug-likeness (QED) is 0.330. The number of Topliss-reactive ketones (excluding diaryl/α,β-unsaturated/α-hetero) is 1. The summed E-state index contributed by atoms with van der Waals surface area (Å²) in [6, 6.07) is 22.5. The maximum Gasteiger partial charge on any atom is 0.168 e. The molecule has 5 rings (SSSR count). The predicted molar refractivity (Wildman–Crippen MR) is 121 cm³/mol. The lowest BCUT2D eigenvalue weighted by molar-refractivity contribution is 0.0992. The van der Waals surface area contributed by atoms with Crippen LogP contribution >= 0.6 is 23.2 Å². The first kappa shape index (κ1) is 18.8. The number of benzene rings is 3. The molecule has 0 bridgehead atoms. The molecule has 4 nitrogen and oxygen atoms in total. The number of aromatic amines is 1. The fourth-order valence-electron chi connectivity index (χ4n) is 3.50. The molecule has 0 saturated carbocycles. The van der Waals surface area contributed by atoms with Crippen LogP contribution in [-0.2, 0) is 6.42 Å². The number of nitrogens with one attached hydrogen (secondary N) is 1. The van der Waals surface area contributed by atoms with Gasteiger partial charge in [0.2, 0.25) is 0 Å². The number of nitrogens with zero attached hydrogens (tertiary/aromatic N) is 2. The average Bonchev–Trinajstić information content (AvgIpc) is 3.16. The number of ketones is 1. The lowest BCUT2D eigenvalue weighted by atomic mass is 10.0. The molecule has 2 aromatic heterocycles. The minimum absolute atomic E-state index is 0.00777. The Morgan fingerprint density at radius 2 is 1.63 bits per heavy atom. The number of fused-ring (bicyclic) bond motifs is 2. The highest BCUT2D eigenvalue weighted by molar-refractivity contribution is 6.39. The lowest BCUT2D eigenvalue weighted by Crippen LogP contribution is -2.05. The summed E-state index contributed by atoms with van der Waals surface area (Å²) in [5, 5.41) is 2.08. The third-order valence-electron chi connectivity index (χ3n) is 5.00. The number of rotatable bonds is 4. The van der Waals surface area contributed by atoms with Crippen LogP contribution in [0.15, 0.2) is 72.8 Å². The van der Waals surface area contributed by atoms with Crippen LogP contribution < -0.4 is 0 Å². The minimum atomic E-state index is -0.00777. The Balaban J connectivity index is 1.46. The molecule has 5 aromatic rings. The van der Waals surface area contributed by atoms with E-state index in [-0.39, 0.29) is 12.2 Å². The maximum atomic E-state index is 12.9. The zero-order valence-electron chi connectivity index (χ0n) is 15.7. The van der Waals surface area contributed by atoms with E-state index in [1.807, 2.05) is 42.5 Å². The van der Waals surface area contributed by atoms with Crippen molar-refractivity contribution in [2.24, 2.45) is 0 Å². The zero-order valence-corrected chi connectivity index (χ0v) is 17.2. The van der Waals surface area contributed by atoms with Crippen LogP contribution in [0.2, 0.25) is 10.0 Å². The van der Waals surface area contributed by atoms with Gasteiger partial charge in [-0.2, -0.15) is 0 Å². The second-order valence-electron chi connectivity index (χ2n) is 7.01. The number of pyridine rings is 1. The van der Waals surface area contributed by atoms with Crippen molar-refractivity contribution in [1.82, 2.24) is 15.0 Å². The van der Waals surface area contributed by atoms with E-state index in [0.29, 0.717) is 27.0 Å². The molecule has 3 aromatic carbocycles. The van der Waals surface area contributed by atoms with Gasteiger partial charge in [0.25, 0.3) is 0 Å².